The van der Waals surface area contributed by atoms with Crippen LogP contribution in [0.4, 0.5) is 0 Å². The van der Waals surface area contributed by atoms with E-state index in [1.54, 1.807) is 0 Å². The zero-order valence-electron chi connectivity index (χ0n) is 11.6. The van der Waals surface area contributed by atoms with Crippen LogP contribution in [0.2, 0.25) is 0 Å². The van der Waals surface area contributed by atoms with Crippen LogP contribution in [0.5, 0.6) is 11.5 Å². The van der Waals surface area contributed by atoms with Gasteiger partial charge in [-0.15, -0.1) is 0 Å². The van der Waals surface area contributed by atoms with Gasteiger partial charge in [0, 0.05) is 28.1 Å². The molecule has 0 fully saturated rings. The molecule has 0 atom stereocenters. The van der Waals surface area contributed by atoms with Crippen molar-refractivity contribution in [1.82, 2.24) is 4.57 Å². The smallest absolute Gasteiger partial charge is 0.231 e. The lowest BCUT2D eigenvalue weighted by molar-refractivity contribution is 0.174. The minimum atomic E-state index is 0.302. The Morgan fingerprint density at radius 1 is 1.14 bits per heavy atom. The van der Waals surface area contributed by atoms with Crippen molar-refractivity contribution >= 4 is 26.8 Å². The molecule has 1 aromatic heterocycles. The van der Waals surface area contributed by atoms with Gasteiger partial charge in [0.25, 0.3) is 0 Å². The number of hydrogen-bond donors (Lipinski definition) is 0. The number of aromatic nitrogens is 1. The maximum atomic E-state index is 5.47. The highest BCUT2D eigenvalue weighted by Gasteiger charge is 2.17. The maximum absolute atomic E-state index is 5.47. The Hall–Kier alpha value is -1.94. The molecule has 0 N–H and O–H groups in total. The van der Waals surface area contributed by atoms with Crippen molar-refractivity contribution in [2.75, 3.05) is 6.79 Å². The molecule has 0 aliphatic carbocycles. The molecule has 0 amide bonds. The molecule has 106 valence electrons. The molecule has 2 heterocycles. The first-order valence-corrected chi connectivity index (χ1v) is 7.64. The van der Waals surface area contributed by atoms with Crippen molar-refractivity contribution in [2.24, 2.45) is 0 Å². The van der Waals surface area contributed by atoms with Gasteiger partial charge in [-0.1, -0.05) is 34.1 Å². The minimum Gasteiger partial charge on any atom is -0.454 e. The highest BCUT2D eigenvalue weighted by molar-refractivity contribution is 9.10. The van der Waals surface area contributed by atoms with Gasteiger partial charge >= 0.3 is 0 Å². The first-order valence-electron chi connectivity index (χ1n) is 6.85. The second-order valence-corrected chi connectivity index (χ2v) is 6.11. The Labute approximate surface area is 131 Å². The number of halogens is 1. The predicted molar refractivity (Wildman–Crippen MR) is 86.0 cm³/mol. The van der Waals surface area contributed by atoms with Gasteiger partial charge in [0.05, 0.1) is 0 Å². The summed E-state index contributed by atoms with van der Waals surface area (Å²) >= 11 is 3.63. The predicted octanol–water partition coefficient (Wildman–Crippen LogP) is 4.49. The van der Waals surface area contributed by atoms with E-state index in [0.29, 0.717) is 6.79 Å². The van der Waals surface area contributed by atoms with E-state index in [1.807, 2.05) is 6.07 Å². The summed E-state index contributed by atoms with van der Waals surface area (Å²) in [6.07, 6.45) is 2.20. The Morgan fingerprint density at radius 2 is 1.90 bits per heavy atom. The number of nitrogens with zero attached hydrogens (tertiary/aromatic N) is 1. The molecule has 4 heteroatoms. The summed E-state index contributed by atoms with van der Waals surface area (Å²) < 4.78 is 14.2. The third-order valence-electron chi connectivity index (χ3n) is 3.87. The van der Waals surface area contributed by atoms with Crippen molar-refractivity contribution in [2.45, 2.75) is 13.5 Å². The third-order valence-corrected chi connectivity index (χ3v) is 4.61. The first-order chi connectivity index (χ1) is 10.2. The van der Waals surface area contributed by atoms with Gasteiger partial charge in [0.2, 0.25) is 6.79 Å². The number of rotatable bonds is 2. The van der Waals surface area contributed by atoms with Gasteiger partial charge in [0.15, 0.2) is 11.5 Å². The molecule has 1 aliphatic rings. The van der Waals surface area contributed by atoms with Gasteiger partial charge in [-0.3, -0.25) is 0 Å². The van der Waals surface area contributed by atoms with Gasteiger partial charge in [0.1, 0.15) is 0 Å². The number of benzene rings is 2. The van der Waals surface area contributed by atoms with Crippen LogP contribution in [0.15, 0.2) is 47.1 Å². The van der Waals surface area contributed by atoms with Crippen LogP contribution >= 0.6 is 15.9 Å². The van der Waals surface area contributed by atoms with Crippen molar-refractivity contribution in [3.63, 3.8) is 0 Å². The van der Waals surface area contributed by atoms with Crippen molar-refractivity contribution < 1.29 is 9.47 Å². The zero-order chi connectivity index (χ0) is 14.4. The normalized spacial score (nSPS) is 13.0. The average molecular weight is 344 g/mol. The van der Waals surface area contributed by atoms with E-state index in [-0.39, 0.29) is 0 Å². The van der Waals surface area contributed by atoms with Crippen molar-refractivity contribution in [1.29, 1.82) is 0 Å². The van der Waals surface area contributed by atoms with Gasteiger partial charge < -0.3 is 14.0 Å². The Balaban J connectivity index is 1.78. The first kappa shape index (κ1) is 12.8. The fourth-order valence-corrected chi connectivity index (χ4v) is 3.27. The fourth-order valence-electron chi connectivity index (χ4n) is 2.83. The molecule has 4 rings (SSSR count). The van der Waals surface area contributed by atoms with Gasteiger partial charge in [-0.2, -0.15) is 0 Å². The van der Waals surface area contributed by atoms with E-state index in [4.69, 9.17) is 9.47 Å². The van der Waals surface area contributed by atoms with Gasteiger partial charge in [-0.25, -0.2) is 0 Å². The van der Waals surface area contributed by atoms with E-state index in [9.17, 15) is 0 Å². The zero-order valence-corrected chi connectivity index (χ0v) is 13.2. The van der Waals surface area contributed by atoms with Crippen LogP contribution in [0.1, 0.15) is 11.1 Å². The number of aryl methyl sites for hydroxylation is 1. The maximum Gasteiger partial charge on any atom is 0.231 e. The van der Waals surface area contributed by atoms with Gasteiger partial charge in [-0.05, 0) is 36.2 Å². The highest BCUT2D eigenvalue weighted by atomic mass is 79.9. The summed E-state index contributed by atoms with van der Waals surface area (Å²) in [4.78, 5) is 0. The average Bonchev–Trinajstić information content (AvgIpc) is 3.05. The Kier molecular flexibility index (Phi) is 2.93. The summed E-state index contributed by atoms with van der Waals surface area (Å²) in [6.45, 7) is 3.25. The molecule has 0 unspecified atom stereocenters. The fraction of sp³-hybridized carbons (Fsp3) is 0.176. The summed E-state index contributed by atoms with van der Waals surface area (Å²) in [5, 5.41) is 1.30. The van der Waals surface area contributed by atoms with E-state index in [2.05, 4.69) is 63.9 Å². The molecule has 2 aromatic carbocycles. The van der Waals surface area contributed by atoms with E-state index in [0.717, 1.165) is 22.5 Å². The van der Waals surface area contributed by atoms with Crippen LogP contribution in [-0.2, 0) is 6.54 Å². The van der Waals surface area contributed by atoms with Crippen LogP contribution < -0.4 is 9.47 Å². The number of ether oxygens (including phenoxy) is 2. The quantitative estimate of drug-likeness (QED) is 0.684. The second kappa shape index (κ2) is 4.81. The minimum absolute atomic E-state index is 0.302. The van der Waals surface area contributed by atoms with Crippen LogP contribution in [0, 0.1) is 6.92 Å². The number of hydrogen-bond acceptors (Lipinski definition) is 2. The van der Waals surface area contributed by atoms with Crippen LogP contribution in [0.25, 0.3) is 10.9 Å². The van der Waals surface area contributed by atoms with E-state index in [1.165, 1.54) is 22.0 Å². The summed E-state index contributed by atoms with van der Waals surface area (Å²) in [6, 6.07) is 12.5. The SMILES string of the molecule is Cc1cn(Cc2cc3c(cc2Br)OCO3)c2ccccc12. The lowest BCUT2D eigenvalue weighted by atomic mass is 10.2. The molecule has 3 nitrogen and oxygen atoms in total. The molecule has 1 aliphatic heterocycles. The molecule has 21 heavy (non-hydrogen) atoms. The third kappa shape index (κ3) is 2.10. The standard InChI is InChI=1S/C17H14BrNO2/c1-11-8-19(15-5-3-2-4-13(11)15)9-12-6-16-17(7-14(12)18)21-10-20-16/h2-8H,9-10H2,1H3. The lowest BCUT2D eigenvalue weighted by Gasteiger charge is -2.09. The van der Waals surface area contributed by atoms with Crippen LogP contribution in [0.3, 0.4) is 0 Å². The largest absolute Gasteiger partial charge is 0.454 e. The number of fused-ring (bicyclic) bond motifs is 2. The molecule has 0 radical (unpaired) electrons. The molecule has 0 spiro atoms. The van der Waals surface area contributed by atoms with Crippen molar-refractivity contribution in [3.05, 3.63) is 58.2 Å². The molecular weight excluding hydrogens is 330 g/mol. The molecular formula is C17H14BrNO2. The molecule has 0 saturated carbocycles. The van der Waals surface area contributed by atoms with E-state index >= 15 is 0 Å². The summed E-state index contributed by atoms with van der Waals surface area (Å²) in [5.41, 5.74) is 3.72. The number of para-hydroxylation sites is 1. The molecule has 0 bridgehead atoms. The van der Waals surface area contributed by atoms with E-state index < -0.39 is 0 Å². The topological polar surface area (TPSA) is 23.4 Å². The van der Waals surface area contributed by atoms with Crippen molar-refractivity contribution in [3.8, 4) is 11.5 Å². The lowest BCUT2D eigenvalue weighted by Crippen LogP contribution is -1.99. The summed E-state index contributed by atoms with van der Waals surface area (Å²) in [7, 11) is 0. The second-order valence-electron chi connectivity index (χ2n) is 5.25. The Morgan fingerprint density at radius 3 is 2.76 bits per heavy atom. The molecule has 0 saturated heterocycles. The molecule has 3 aromatic rings. The Bertz CT molecular complexity index is 838. The summed E-state index contributed by atoms with van der Waals surface area (Å²) in [5.74, 6) is 1.63. The highest BCUT2D eigenvalue weighted by Crippen LogP contribution is 2.37. The van der Waals surface area contributed by atoms with Crippen LogP contribution in [-0.4, -0.2) is 11.4 Å². The monoisotopic (exact) mass is 343 g/mol.